The SMILES string of the molecule is NC(=S)COc1cccc(N2C(=O)CCCCC2=O)c1. The highest BCUT2D eigenvalue weighted by molar-refractivity contribution is 7.80. The molecule has 2 amide bonds. The standard InChI is InChI=1S/C14H16N2O3S/c15-12(20)9-19-11-5-3-4-10(8-11)16-13(17)6-1-2-7-14(16)18/h3-5,8H,1-2,6-7,9H2,(H2,15,20). The average Bonchev–Trinajstić information content (AvgIpc) is 2.58. The van der Waals surface area contributed by atoms with Gasteiger partial charge in [0.15, 0.2) is 0 Å². The van der Waals surface area contributed by atoms with Crippen molar-refractivity contribution in [2.24, 2.45) is 5.73 Å². The van der Waals surface area contributed by atoms with Crippen LogP contribution in [-0.4, -0.2) is 23.4 Å². The molecule has 1 aromatic rings. The van der Waals surface area contributed by atoms with Crippen LogP contribution in [0.2, 0.25) is 0 Å². The molecule has 1 heterocycles. The molecule has 0 unspecified atom stereocenters. The lowest BCUT2D eigenvalue weighted by molar-refractivity contribution is -0.125. The van der Waals surface area contributed by atoms with Crippen LogP contribution in [-0.2, 0) is 9.59 Å². The van der Waals surface area contributed by atoms with Crippen molar-refractivity contribution in [1.82, 2.24) is 0 Å². The predicted octanol–water partition coefficient (Wildman–Crippen LogP) is 1.79. The lowest BCUT2D eigenvalue weighted by Gasteiger charge is -2.19. The predicted molar refractivity (Wildman–Crippen MR) is 79.7 cm³/mol. The third kappa shape index (κ3) is 3.54. The Morgan fingerprint density at radius 3 is 2.50 bits per heavy atom. The van der Waals surface area contributed by atoms with Gasteiger partial charge in [-0.05, 0) is 25.0 Å². The van der Waals surface area contributed by atoms with E-state index in [9.17, 15) is 9.59 Å². The van der Waals surface area contributed by atoms with E-state index in [2.05, 4.69) is 0 Å². The number of carbonyl (C=O) groups is 2. The van der Waals surface area contributed by atoms with Crippen molar-refractivity contribution in [3.8, 4) is 5.75 Å². The Balaban J connectivity index is 2.22. The molecule has 0 aromatic heterocycles. The Morgan fingerprint density at radius 2 is 1.90 bits per heavy atom. The Bertz CT molecular complexity index is 527. The van der Waals surface area contributed by atoms with Gasteiger partial charge in [-0.2, -0.15) is 0 Å². The molecule has 1 aliphatic heterocycles. The monoisotopic (exact) mass is 292 g/mol. The summed E-state index contributed by atoms with van der Waals surface area (Å²) in [4.78, 5) is 25.5. The van der Waals surface area contributed by atoms with E-state index >= 15 is 0 Å². The Labute approximate surface area is 122 Å². The summed E-state index contributed by atoms with van der Waals surface area (Å²) in [5, 5.41) is 0. The van der Waals surface area contributed by atoms with Gasteiger partial charge in [-0.3, -0.25) is 14.5 Å². The Morgan fingerprint density at radius 1 is 1.25 bits per heavy atom. The zero-order chi connectivity index (χ0) is 14.5. The quantitative estimate of drug-likeness (QED) is 0.676. The number of rotatable bonds is 4. The molecular weight excluding hydrogens is 276 g/mol. The molecule has 0 bridgehead atoms. The lowest BCUT2D eigenvalue weighted by atomic mass is 10.2. The summed E-state index contributed by atoms with van der Waals surface area (Å²) in [5.74, 6) is 0.193. The van der Waals surface area contributed by atoms with Crippen LogP contribution in [0.4, 0.5) is 5.69 Å². The minimum Gasteiger partial charge on any atom is -0.486 e. The van der Waals surface area contributed by atoms with Gasteiger partial charge in [0.1, 0.15) is 17.3 Å². The van der Waals surface area contributed by atoms with E-state index in [0.717, 1.165) is 12.8 Å². The summed E-state index contributed by atoms with van der Waals surface area (Å²) in [7, 11) is 0. The Hall–Kier alpha value is -1.95. The normalized spacial score (nSPS) is 15.9. The third-order valence-electron chi connectivity index (χ3n) is 2.99. The highest BCUT2D eigenvalue weighted by atomic mass is 32.1. The molecule has 0 saturated carbocycles. The zero-order valence-electron chi connectivity index (χ0n) is 11.0. The van der Waals surface area contributed by atoms with E-state index < -0.39 is 0 Å². The number of carbonyl (C=O) groups excluding carboxylic acids is 2. The number of hydrogen-bond acceptors (Lipinski definition) is 4. The van der Waals surface area contributed by atoms with Gasteiger partial charge in [-0.15, -0.1) is 0 Å². The molecule has 0 aliphatic carbocycles. The maximum atomic E-state index is 12.0. The molecule has 0 atom stereocenters. The van der Waals surface area contributed by atoms with Crippen molar-refractivity contribution in [3.63, 3.8) is 0 Å². The largest absolute Gasteiger partial charge is 0.486 e. The van der Waals surface area contributed by atoms with Crippen molar-refractivity contribution in [2.75, 3.05) is 11.5 Å². The molecule has 0 radical (unpaired) electrons. The topological polar surface area (TPSA) is 72.6 Å². The van der Waals surface area contributed by atoms with Crippen LogP contribution in [0.1, 0.15) is 25.7 Å². The van der Waals surface area contributed by atoms with E-state index in [1.54, 1.807) is 24.3 Å². The minimum atomic E-state index is -0.168. The molecular formula is C14H16N2O3S. The van der Waals surface area contributed by atoms with Gasteiger partial charge in [0.25, 0.3) is 0 Å². The van der Waals surface area contributed by atoms with Gasteiger partial charge in [0.05, 0.1) is 5.69 Å². The van der Waals surface area contributed by atoms with Crippen molar-refractivity contribution in [1.29, 1.82) is 0 Å². The van der Waals surface area contributed by atoms with Crippen LogP contribution in [0.3, 0.4) is 0 Å². The zero-order valence-corrected chi connectivity index (χ0v) is 11.8. The van der Waals surface area contributed by atoms with Gasteiger partial charge in [-0.25, -0.2) is 0 Å². The highest BCUT2D eigenvalue weighted by Gasteiger charge is 2.25. The fourth-order valence-corrected chi connectivity index (χ4v) is 2.13. The number of nitrogens with zero attached hydrogens (tertiary/aromatic N) is 1. The molecule has 1 aliphatic rings. The van der Waals surface area contributed by atoms with Crippen molar-refractivity contribution >= 4 is 34.7 Å². The van der Waals surface area contributed by atoms with E-state index in [0.29, 0.717) is 24.3 Å². The lowest BCUT2D eigenvalue weighted by Crippen LogP contribution is -2.35. The number of imide groups is 1. The van der Waals surface area contributed by atoms with Gasteiger partial charge in [0, 0.05) is 18.9 Å². The van der Waals surface area contributed by atoms with E-state index in [-0.39, 0.29) is 23.4 Å². The number of nitrogens with two attached hydrogens (primary N) is 1. The van der Waals surface area contributed by atoms with Gasteiger partial charge >= 0.3 is 0 Å². The molecule has 1 aromatic carbocycles. The number of benzene rings is 1. The summed E-state index contributed by atoms with van der Waals surface area (Å²) in [6.07, 6.45) is 2.28. The van der Waals surface area contributed by atoms with Crippen LogP contribution in [0.5, 0.6) is 5.75 Å². The highest BCUT2D eigenvalue weighted by Crippen LogP contribution is 2.25. The smallest absolute Gasteiger partial charge is 0.233 e. The number of ether oxygens (including phenoxy) is 1. The molecule has 1 saturated heterocycles. The summed E-state index contributed by atoms with van der Waals surface area (Å²) >= 11 is 4.74. The van der Waals surface area contributed by atoms with Crippen molar-refractivity contribution in [3.05, 3.63) is 24.3 Å². The first-order chi connectivity index (χ1) is 9.58. The second kappa shape index (κ2) is 6.47. The molecule has 2 N–H and O–H groups in total. The third-order valence-corrected chi connectivity index (χ3v) is 3.10. The van der Waals surface area contributed by atoms with E-state index in [1.165, 1.54) is 4.90 Å². The van der Waals surface area contributed by atoms with Crippen molar-refractivity contribution in [2.45, 2.75) is 25.7 Å². The maximum Gasteiger partial charge on any atom is 0.233 e. The summed E-state index contributed by atoms with van der Waals surface area (Å²) in [5.41, 5.74) is 5.90. The molecule has 1 fully saturated rings. The molecule has 2 rings (SSSR count). The maximum absolute atomic E-state index is 12.0. The van der Waals surface area contributed by atoms with E-state index in [4.69, 9.17) is 22.7 Å². The number of anilines is 1. The van der Waals surface area contributed by atoms with Crippen LogP contribution < -0.4 is 15.4 Å². The van der Waals surface area contributed by atoms with Crippen LogP contribution in [0.15, 0.2) is 24.3 Å². The van der Waals surface area contributed by atoms with Gasteiger partial charge in [-0.1, -0.05) is 18.3 Å². The molecule has 20 heavy (non-hydrogen) atoms. The summed E-state index contributed by atoms with van der Waals surface area (Å²) in [6, 6.07) is 6.83. The fraction of sp³-hybridized carbons (Fsp3) is 0.357. The first-order valence-corrected chi connectivity index (χ1v) is 6.85. The van der Waals surface area contributed by atoms with Crippen LogP contribution in [0, 0.1) is 0 Å². The minimum absolute atomic E-state index is 0.126. The second-order valence-electron chi connectivity index (χ2n) is 4.58. The average molecular weight is 292 g/mol. The number of amides is 2. The number of thiocarbonyl (C=S) groups is 1. The summed E-state index contributed by atoms with van der Waals surface area (Å²) in [6.45, 7) is 0.126. The Kier molecular flexibility index (Phi) is 4.68. The van der Waals surface area contributed by atoms with Crippen LogP contribution >= 0.6 is 12.2 Å². The second-order valence-corrected chi connectivity index (χ2v) is 5.11. The van der Waals surface area contributed by atoms with Crippen molar-refractivity contribution < 1.29 is 14.3 Å². The van der Waals surface area contributed by atoms with Gasteiger partial charge in [0.2, 0.25) is 11.8 Å². The fourth-order valence-electron chi connectivity index (χ4n) is 2.07. The molecule has 5 nitrogen and oxygen atoms in total. The number of hydrogen-bond donors (Lipinski definition) is 1. The van der Waals surface area contributed by atoms with E-state index in [1.807, 2.05) is 0 Å². The van der Waals surface area contributed by atoms with Gasteiger partial charge < -0.3 is 10.5 Å². The molecule has 106 valence electrons. The van der Waals surface area contributed by atoms with Crippen LogP contribution in [0.25, 0.3) is 0 Å². The first-order valence-electron chi connectivity index (χ1n) is 6.45. The first kappa shape index (κ1) is 14.5. The molecule has 0 spiro atoms. The molecule has 6 heteroatoms. The summed E-state index contributed by atoms with van der Waals surface area (Å²) < 4.78 is 5.39.